The number of aromatic amines is 2. The quantitative estimate of drug-likeness (QED) is 0.270. The van der Waals surface area contributed by atoms with Crippen LogP contribution in [0.15, 0.2) is 36.9 Å². The molecule has 4 atom stereocenters. The number of nitriles is 2. The number of hydrogen-bond acceptors (Lipinski definition) is 10. The minimum Gasteiger partial charge on any atom is -0.345 e. The summed E-state index contributed by atoms with van der Waals surface area (Å²) >= 11 is 0. The Morgan fingerprint density at radius 3 is 1.56 bits per heavy atom. The van der Waals surface area contributed by atoms with E-state index in [0.29, 0.717) is 49.3 Å². The van der Waals surface area contributed by atoms with Crippen LogP contribution in [0.4, 0.5) is 0 Å². The van der Waals surface area contributed by atoms with Gasteiger partial charge in [0.15, 0.2) is 22.6 Å². The van der Waals surface area contributed by atoms with Gasteiger partial charge in [-0.1, -0.05) is 26.7 Å². The number of likely N-dealkylation sites (tertiary alicyclic amines) is 2. The Labute approximate surface area is 274 Å². The highest BCUT2D eigenvalue weighted by Gasteiger charge is 2.39. The van der Waals surface area contributed by atoms with Crippen molar-refractivity contribution in [3.8, 4) is 12.1 Å². The number of nitrogens with zero attached hydrogens (tertiary/aromatic N) is 12. The standard InChI is InChI=1S/2C16H17N7O/c2*1-2-10-8-22(14(24)3-5-17)9-11(10)16-21-20-13-7-19-15-12(23(13)16)4-6-18-15/h2*4,6-7,10-11,18H,2-3,8-9H2,1H3/t10-,11?;10-,11+/m01/s1. The first-order chi connectivity index (χ1) is 23.4. The molecule has 2 aliphatic rings. The second-order valence-electron chi connectivity index (χ2n) is 12.3. The molecule has 6 aromatic heterocycles. The fraction of sp³-hybridized carbons (Fsp3) is 0.438. The molecule has 0 radical (unpaired) electrons. The molecule has 48 heavy (non-hydrogen) atoms. The number of hydrogen-bond donors (Lipinski definition) is 2. The molecular weight excluding hydrogens is 612 g/mol. The van der Waals surface area contributed by atoms with Gasteiger partial charge in [0.05, 0.1) is 35.6 Å². The van der Waals surface area contributed by atoms with E-state index < -0.39 is 0 Å². The van der Waals surface area contributed by atoms with Gasteiger partial charge in [-0.15, -0.1) is 20.4 Å². The fourth-order valence-corrected chi connectivity index (χ4v) is 7.20. The molecular formula is C32H34N14O2. The van der Waals surface area contributed by atoms with E-state index in [4.69, 9.17) is 10.5 Å². The van der Waals surface area contributed by atoms with Gasteiger partial charge >= 0.3 is 0 Å². The van der Waals surface area contributed by atoms with Crippen molar-refractivity contribution in [3.05, 3.63) is 48.6 Å². The van der Waals surface area contributed by atoms with Crippen molar-refractivity contribution in [1.29, 1.82) is 10.5 Å². The second-order valence-corrected chi connectivity index (χ2v) is 12.3. The van der Waals surface area contributed by atoms with Crippen LogP contribution in [0.1, 0.15) is 63.0 Å². The maximum atomic E-state index is 12.1. The third-order valence-electron chi connectivity index (χ3n) is 9.69. The highest BCUT2D eigenvalue weighted by molar-refractivity contribution is 5.79. The highest BCUT2D eigenvalue weighted by atomic mass is 16.2. The summed E-state index contributed by atoms with van der Waals surface area (Å²) in [4.78, 5) is 42.6. The zero-order chi connectivity index (χ0) is 33.4. The molecule has 2 N–H and O–H groups in total. The Hall–Kier alpha value is -5.90. The van der Waals surface area contributed by atoms with Gasteiger partial charge in [-0.2, -0.15) is 10.5 Å². The van der Waals surface area contributed by atoms with Gasteiger partial charge in [-0.3, -0.25) is 18.4 Å². The Kier molecular flexibility index (Phi) is 8.14. The van der Waals surface area contributed by atoms with E-state index in [2.05, 4.69) is 54.2 Å². The predicted octanol–water partition coefficient (Wildman–Crippen LogP) is 2.94. The van der Waals surface area contributed by atoms with Crippen molar-refractivity contribution in [2.24, 2.45) is 11.8 Å². The van der Waals surface area contributed by atoms with Gasteiger partial charge in [0.25, 0.3) is 0 Å². The first-order valence-corrected chi connectivity index (χ1v) is 16.1. The van der Waals surface area contributed by atoms with Crippen LogP contribution >= 0.6 is 0 Å². The van der Waals surface area contributed by atoms with Crippen LogP contribution in [0.2, 0.25) is 0 Å². The number of H-pyrrole nitrogens is 2. The molecule has 2 saturated heterocycles. The monoisotopic (exact) mass is 646 g/mol. The van der Waals surface area contributed by atoms with E-state index in [0.717, 1.165) is 46.8 Å². The Balaban J connectivity index is 0.000000152. The first-order valence-electron chi connectivity index (χ1n) is 16.1. The number of fused-ring (bicyclic) bond motifs is 6. The molecule has 16 nitrogen and oxygen atoms in total. The van der Waals surface area contributed by atoms with Crippen LogP contribution < -0.4 is 0 Å². The molecule has 0 spiro atoms. The summed E-state index contributed by atoms with van der Waals surface area (Å²) in [5, 5.41) is 34.8. The summed E-state index contributed by atoms with van der Waals surface area (Å²) in [5.41, 5.74) is 4.84. The molecule has 16 heteroatoms. The zero-order valence-electron chi connectivity index (χ0n) is 26.6. The molecule has 2 aliphatic heterocycles. The molecule has 1 unspecified atom stereocenters. The lowest BCUT2D eigenvalue weighted by molar-refractivity contribution is -0.130. The van der Waals surface area contributed by atoms with Crippen molar-refractivity contribution in [3.63, 3.8) is 0 Å². The van der Waals surface area contributed by atoms with Gasteiger partial charge in [0.2, 0.25) is 11.8 Å². The van der Waals surface area contributed by atoms with Crippen LogP contribution in [0.25, 0.3) is 33.6 Å². The SMILES string of the molecule is CC[C@@H]1CN(C(=O)CC#N)C[C@@H]1c1nnc2cnc3[nH]ccc3n12.CC[C@H]1CN(C(=O)CC#N)CC1c1nnc2cnc3[nH]ccc3n12. The molecule has 0 bridgehead atoms. The smallest absolute Gasteiger partial charge is 0.236 e. The Morgan fingerprint density at radius 1 is 0.729 bits per heavy atom. The number of carbonyl (C=O) groups excluding carboxylic acids is 2. The Bertz CT molecular complexity index is 2060. The average Bonchev–Trinajstić information content (AvgIpc) is 3.94. The van der Waals surface area contributed by atoms with E-state index in [1.54, 1.807) is 22.2 Å². The first kappa shape index (κ1) is 30.7. The van der Waals surface area contributed by atoms with E-state index in [1.807, 2.05) is 45.5 Å². The molecule has 0 aliphatic carbocycles. The third kappa shape index (κ3) is 5.25. The van der Waals surface area contributed by atoms with Gasteiger partial charge in [0.1, 0.15) is 24.5 Å². The minimum atomic E-state index is -0.110. The number of carbonyl (C=O) groups is 2. The average molecular weight is 647 g/mol. The van der Waals surface area contributed by atoms with Gasteiger partial charge in [-0.25, -0.2) is 9.97 Å². The summed E-state index contributed by atoms with van der Waals surface area (Å²) < 4.78 is 4.04. The predicted molar refractivity (Wildman–Crippen MR) is 172 cm³/mol. The third-order valence-corrected chi connectivity index (χ3v) is 9.69. The highest BCUT2D eigenvalue weighted by Crippen LogP contribution is 2.36. The minimum absolute atomic E-state index is 0.0737. The summed E-state index contributed by atoms with van der Waals surface area (Å²) in [5.74, 6) is 2.32. The van der Waals surface area contributed by atoms with Crippen LogP contribution in [0.3, 0.4) is 0 Å². The number of nitrogens with one attached hydrogen (secondary N) is 2. The van der Waals surface area contributed by atoms with Crippen molar-refractivity contribution in [1.82, 2.24) is 58.9 Å². The zero-order valence-corrected chi connectivity index (χ0v) is 26.6. The number of amides is 2. The van der Waals surface area contributed by atoms with Gasteiger partial charge in [0, 0.05) is 50.4 Å². The summed E-state index contributed by atoms with van der Waals surface area (Å²) in [6.07, 6.45) is 8.82. The van der Waals surface area contributed by atoms with E-state index >= 15 is 0 Å². The lowest BCUT2D eigenvalue weighted by atomic mass is 9.93. The molecule has 0 aromatic carbocycles. The molecule has 2 fully saturated rings. The van der Waals surface area contributed by atoms with E-state index in [1.165, 1.54) is 0 Å². The molecule has 0 saturated carbocycles. The summed E-state index contributed by atoms with van der Waals surface area (Å²) in [7, 11) is 0. The van der Waals surface area contributed by atoms with Crippen molar-refractivity contribution in [2.45, 2.75) is 51.4 Å². The van der Waals surface area contributed by atoms with Crippen molar-refractivity contribution in [2.75, 3.05) is 26.2 Å². The maximum absolute atomic E-state index is 12.1. The molecule has 244 valence electrons. The van der Waals surface area contributed by atoms with Crippen molar-refractivity contribution >= 4 is 45.4 Å². The molecule has 8 heterocycles. The molecule has 2 amide bonds. The normalized spacial score (nSPS) is 20.8. The molecule has 6 aromatic rings. The van der Waals surface area contributed by atoms with E-state index in [-0.39, 0.29) is 36.5 Å². The number of rotatable bonds is 6. The maximum Gasteiger partial charge on any atom is 0.236 e. The topological polar surface area (TPSA) is 206 Å². The largest absolute Gasteiger partial charge is 0.345 e. The fourth-order valence-electron chi connectivity index (χ4n) is 7.20. The van der Waals surface area contributed by atoms with Gasteiger partial charge in [-0.05, 0) is 24.0 Å². The van der Waals surface area contributed by atoms with Crippen LogP contribution in [0, 0.1) is 34.5 Å². The van der Waals surface area contributed by atoms with Crippen LogP contribution in [0.5, 0.6) is 0 Å². The van der Waals surface area contributed by atoms with Crippen LogP contribution in [-0.4, -0.2) is 96.9 Å². The van der Waals surface area contributed by atoms with Crippen LogP contribution in [-0.2, 0) is 9.59 Å². The second kappa shape index (κ2) is 12.7. The van der Waals surface area contributed by atoms with E-state index in [9.17, 15) is 9.59 Å². The molecule has 8 rings (SSSR count). The summed E-state index contributed by atoms with van der Waals surface area (Å²) in [6, 6.07) is 7.79. The lowest BCUT2D eigenvalue weighted by Crippen LogP contribution is -2.28. The van der Waals surface area contributed by atoms with Crippen molar-refractivity contribution < 1.29 is 9.59 Å². The number of aromatic nitrogens is 10. The Morgan fingerprint density at radius 2 is 1.17 bits per heavy atom. The lowest BCUT2D eigenvalue weighted by Gasteiger charge is -2.14. The summed E-state index contributed by atoms with van der Waals surface area (Å²) in [6.45, 7) is 6.72. The van der Waals surface area contributed by atoms with Gasteiger partial charge < -0.3 is 19.8 Å².